The molecule has 0 aromatic heterocycles. The molecule has 1 aromatic rings. The molecule has 2 aliphatic rings. The lowest BCUT2D eigenvalue weighted by Crippen LogP contribution is -2.45. The van der Waals surface area contributed by atoms with Crippen LogP contribution in [0.25, 0.3) is 0 Å². The summed E-state index contributed by atoms with van der Waals surface area (Å²) in [6.45, 7) is 5.29. The van der Waals surface area contributed by atoms with Crippen molar-refractivity contribution < 1.29 is 17.9 Å². The topological polar surface area (TPSA) is 76.7 Å². The van der Waals surface area contributed by atoms with Gasteiger partial charge in [-0.05, 0) is 36.9 Å². The second-order valence-corrected chi connectivity index (χ2v) is 7.99. The van der Waals surface area contributed by atoms with Crippen LogP contribution in [0, 0.1) is 5.41 Å². The van der Waals surface area contributed by atoms with Crippen molar-refractivity contribution in [1.82, 2.24) is 10.0 Å². The van der Waals surface area contributed by atoms with Crippen LogP contribution in [0.1, 0.15) is 19.8 Å². The van der Waals surface area contributed by atoms with E-state index in [9.17, 15) is 8.42 Å². The third kappa shape index (κ3) is 4.29. The number of halogens is 1. The van der Waals surface area contributed by atoms with E-state index < -0.39 is 10.0 Å². The largest absolute Gasteiger partial charge is 0.486 e. The van der Waals surface area contributed by atoms with E-state index in [0.29, 0.717) is 31.3 Å². The van der Waals surface area contributed by atoms with Crippen molar-refractivity contribution in [2.24, 2.45) is 5.41 Å². The third-order valence-electron chi connectivity index (χ3n) is 4.20. The Morgan fingerprint density at radius 3 is 2.70 bits per heavy atom. The Morgan fingerprint density at radius 2 is 2.00 bits per heavy atom. The molecule has 130 valence electrons. The fourth-order valence-corrected chi connectivity index (χ4v) is 4.03. The molecule has 0 amide bonds. The zero-order valence-corrected chi connectivity index (χ0v) is 14.8. The molecule has 3 rings (SSSR count). The van der Waals surface area contributed by atoms with Gasteiger partial charge in [0.2, 0.25) is 10.0 Å². The van der Waals surface area contributed by atoms with E-state index >= 15 is 0 Å². The lowest BCUT2D eigenvalue weighted by Gasteiger charge is -2.34. The van der Waals surface area contributed by atoms with Crippen LogP contribution in [0.4, 0.5) is 0 Å². The van der Waals surface area contributed by atoms with E-state index in [-0.39, 0.29) is 22.7 Å². The van der Waals surface area contributed by atoms with Gasteiger partial charge in [0.25, 0.3) is 0 Å². The fraction of sp³-hybridized carbons (Fsp3) is 0.600. The first-order valence-electron chi connectivity index (χ1n) is 7.59. The molecule has 2 aliphatic heterocycles. The summed E-state index contributed by atoms with van der Waals surface area (Å²) in [5.41, 5.74) is -0.0425. The van der Waals surface area contributed by atoms with Crippen LogP contribution in [0.2, 0.25) is 0 Å². The average Bonchev–Trinajstić information content (AvgIpc) is 2.53. The molecule has 6 nitrogen and oxygen atoms in total. The molecular formula is C15H23ClN2O4S. The quantitative estimate of drug-likeness (QED) is 0.849. The van der Waals surface area contributed by atoms with E-state index in [1.54, 1.807) is 12.1 Å². The maximum Gasteiger partial charge on any atom is 0.240 e. The van der Waals surface area contributed by atoms with Crippen molar-refractivity contribution in [3.05, 3.63) is 18.2 Å². The lowest BCUT2D eigenvalue weighted by atomic mass is 9.83. The van der Waals surface area contributed by atoms with Gasteiger partial charge in [-0.3, -0.25) is 0 Å². The maximum atomic E-state index is 12.5. The first-order chi connectivity index (χ1) is 10.5. The van der Waals surface area contributed by atoms with Crippen LogP contribution in [-0.2, 0) is 10.0 Å². The van der Waals surface area contributed by atoms with Crippen LogP contribution in [0.5, 0.6) is 11.5 Å². The molecule has 1 atom stereocenters. The van der Waals surface area contributed by atoms with Crippen molar-refractivity contribution in [2.45, 2.75) is 24.7 Å². The highest BCUT2D eigenvalue weighted by molar-refractivity contribution is 7.89. The molecule has 2 heterocycles. The summed E-state index contributed by atoms with van der Waals surface area (Å²) in [5, 5.41) is 3.32. The monoisotopic (exact) mass is 362 g/mol. The number of benzene rings is 1. The molecule has 1 saturated heterocycles. The third-order valence-corrected chi connectivity index (χ3v) is 5.60. The molecule has 1 fully saturated rings. The predicted molar refractivity (Wildman–Crippen MR) is 90.1 cm³/mol. The first kappa shape index (κ1) is 18.3. The Bertz CT molecular complexity index is 645. The van der Waals surface area contributed by atoms with E-state index in [1.807, 2.05) is 0 Å². The summed E-state index contributed by atoms with van der Waals surface area (Å²) in [6, 6.07) is 4.72. The molecule has 0 aliphatic carbocycles. The number of fused-ring (bicyclic) bond motifs is 1. The predicted octanol–water partition coefficient (Wildman–Crippen LogP) is 1.55. The number of nitrogens with one attached hydrogen (secondary N) is 2. The summed E-state index contributed by atoms with van der Waals surface area (Å²) in [7, 11) is -3.54. The van der Waals surface area contributed by atoms with Gasteiger partial charge in [-0.25, -0.2) is 13.1 Å². The smallest absolute Gasteiger partial charge is 0.240 e. The van der Waals surface area contributed by atoms with Crippen LogP contribution in [0.3, 0.4) is 0 Å². The van der Waals surface area contributed by atoms with Crippen molar-refractivity contribution in [2.75, 3.05) is 32.8 Å². The molecule has 0 spiro atoms. The van der Waals surface area contributed by atoms with E-state index in [4.69, 9.17) is 9.47 Å². The SMILES string of the molecule is CC1(CNS(=O)(=O)c2ccc3c(c2)OCCO3)CCCNC1.Cl. The van der Waals surface area contributed by atoms with Gasteiger partial charge >= 0.3 is 0 Å². The Labute approximate surface area is 143 Å². The standard InChI is InChI=1S/C15H22N2O4S.ClH/c1-15(5-2-6-16-10-15)11-17-22(18,19)12-3-4-13-14(9-12)21-8-7-20-13;/h3-4,9,16-17H,2,5-8,10-11H2,1H3;1H. The zero-order valence-electron chi connectivity index (χ0n) is 13.1. The second-order valence-electron chi connectivity index (χ2n) is 6.22. The van der Waals surface area contributed by atoms with E-state index in [1.165, 1.54) is 6.07 Å². The van der Waals surface area contributed by atoms with Gasteiger partial charge in [-0.15, -0.1) is 12.4 Å². The molecule has 1 unspecified atom stereocenters. The first-order valence-corrected chi connectivity index (χ1v) is 9.07. The Morgan fingerprint density at radius 1 is 1.26 bits per heavy atom. The fourth-order valence-electron chi connectivity index (χ4n) is 2.81. The summed E-state index contributed by atoms with van der Waals surface area (Å²) >= 11 is 0. The van der Waals surface area contributed by atoms with Crippen LogP contribution in [-0.4, -0.2) is 41.3 Å². The maximum absolute atomic E-state index is 12.5. The molecule has 0 radical (unpaired) electrons. The minimum atomic E-state index is -3.54. The van der Waals surface area contributed by atoms with Gasteiger partial charge in [0.1, 0.15) is 13.2 Å². The van der Waals surface area contributed by atoms with Gasteiger partial charge in [0, 0.05) is 19.2 Å². The summed E-state index contributed by atoms with van der Waals surface area (Å²) in [6.07, 6.45) is 2.09. The van der Waals surface area contributed by atoms with Gasteiger partial charge in [0.15, 0.2) is 11.5 Å². The summed E-state index contributed by atoms with van der Waals surface area (Å²) in [4.78, 5) is 0.212. The van der Waals surface area contributed by atoms with Gasteiger partial charge in [-0.1, -0.05) is 6.92 Å². The molecule has 0 saturated carbocycles. The second kappa shape index (κ2) is 7.25. The number of piperidine rings is 1. The number of sulfonamides is 1. The zero-order chi connectivity index (χ0) is 15.6. The molecule has 8 heteroatoms. The highest BCUT2D eigenvalue weighted by Crippen LogP contribution is 2.32. The minimum Gasteiger partial charge on any atom is -0.486 e. The van der Waals surface area contributed by atoms with Gasteiger partial charge in [0.05, 0.1) is 4.90 Å². The number of hydrogen-bond donors (Lipinski definition) is 2. The number of ether oxygens (including phenoxy) is 2. The lowest BCUT2D eigenvalue weighted by molar-refractivity contribution is 0.171. The van der Waals surface area contributed by atoms with Crippen molar-refractivity contribution in [1.29, 1.82) is 0 Å². The molecule has 2 N–H and O–H groups in total. The molecule has 23 heavy (non-hydrogen) atoms. The van der Waals surface area contributed by atoms with Crippen LogP contribution >= 0.6 is 12.4 Å². The summed E-state index contributed by atoms with van der Waals surface area (Å²) in [5.74, 6) is 1.08. The van der Waals surface area contributed by atoms with Gasteiger partial charge < -0.3 is 14.8 Å². The normalized spacial score (nSPS) is 23.9. The highest BCUT2D eigenvalue weighted by Gasteiger charge is 2.29. The van der Waals surface area contributed by atoms with E-state index in [2.05, 4.69) is 17.0 Å². The Hall–Kier alpha value is -1.02. The number of hydrogen-bond acceptors (Lipinski definition) is 5. The van der Waals surface area contributed by atoms with Crippen molar-refractivity contribution >= 4 is 22.4 Å². The Balaban J connectivity index is 0.00000192. The molecular weight excluding hydrogens is 340 g/mol. The molecule has 1 aromatic carbocycles. The van der Waals surface area contributed by atoms with Crippen molar-refractivity contribution in [3.8, 4) is 11.5 Å². The highest BCUT2D eigenvalue weighted by atomic mass is 35.5. The summed E-state index contributed by atoms with van der Waals surface area (Å²) < 4.78 is 38.5. The van der Waals surface area contributed by atoms with E-state index in [0.717, 1.165) is 25.9 Å². The Kier molecular flexibility index (Phi) is 5.78. The number of rotatable bonds is 4. The minimum absolute atomic E-state index is 0. The van der Waals surface area contributed by atoms with Crippen LogP contribution < -0.4 is 19.5 Å². The van der Waals surface area contributed by atoms with Crippen molar-refractivity contribution in [3.63, 3.8) is 0 Å². The van der Waals surface area contributed by atoms with Gasteiger partial charge in [-0.2, -0.15) is 0 Å². The average molecular weight is 363 g/mol. The van der Waals surface area contributed by atoms with Crippen LogP contribution in [0.15, 0.2) is 23.1 Å². The molecule has 0 bridgehead atoms.